The van der Waals surface area contributed by atoms with Gasteiger partial charge in [0.2, 0.25) is 0 Å². The molecular weight excluding hydrogens is 330 g/mol. The Labute approximate surface area is 144 Å². The van der Waals surface area contributed by atoms with Crippen LogP contribution in [0.4, 0.5) is 0 Å². The molecule has 0 saturated carbocycles. The zero-order chi connectivity index (χ0) is 17.3. The normalized spacial score (nSPS) is 16.8. The first-order valence-corrected chi connectivity index (χ1v) is 8.11. The second-order valence-corrected chi connectivity index (χ2v) is 6.77. The minimum Gasteiger partial charge on any atom is -0.477 e. The molecule has 7 heteroatoms. The molecule has 0 aliphatic carbocycles. The molecule has 3 rings (SSSR count). The van der Waals surface area contributed by atoms with Crippen LogP contribution in [0, 0.1) is 0 Å². The summed E-state index contributed by atoms with van der Waals surface area (Å²) in [6.45, 7) is 3.37. The Balaban J connectivity index is 1.70. The van der Waals surface area contributed by atoms with Gasteiger partial charge in [-0.05, 0) is 36.0 Å². The van der Waals surface area contributed by atoms with Gasteiger partial charge in [0.25, 0.3) is 5.91 Å². The molecule has 0 spiro atoms. The first-order chi connectivity index (χ1) is 11.4. The Morgan fingerprint density at radius 1 is 1.29 bits per heavy atom. The van der Waals surface area contributed by atoms with Crippen molar-refractivity contribution in [1.29, 1.82) is 0 Å². The monoisotopic (exact) mass is 347 g/mol. The number of hydrogen-bond acceptors (Lipinski definition) is 3. The van der Waals surface area contributed by atoms with Crippen LogP contribution in [0.15, 0.2) is 30.3 Å². The van der Waals surface area contributed by atoms with Gasteiger partial charge < -0.3 is 10.0 Å². The lowest BCUT2D eigenvalue weighted by Crippen LogP contribution is -2.44. The summed E-state index contributed by atoms with van der Waals surface area (Å²) in [6.07, 6.45) is 1.63. The number of carbonyl (C=O) groups excluding carboxylic acids is 1. The number of nitrogens with one attached hydrogen (secondary N) is 1. The van der Waals surface area contributed by atoms with Gasteiger partial charge in [-0.3, -0.25) is 9.89 Å². The van der Waals surface area contributed by atoms with Gasteiger partial charge in [-0.25, -0.2) is 4.79 Å². The van der Waals surface area contributed by atoms with E-state index in [4.69, 9.17) is 16.7 Å². The Morgan fingerprint density at radius 2 is 2.00 bits per heavy atom. The van der Waals surface area contributed by atoms with Gasteiger partial charge in [0.15, 0.2) is 5.69 Å². The molecule has 0 bridgehead atoms. The molecule has 1 fully saturated rings. The number of aromatic amines is 1. The van der Waals surface area contributed by atoms with E-state index in [2.05, 4.69) is 23.2 Å². The van der Waals surface area contributed by atoms with E-state index in [0.29, 0.717) is 18.1 Å². The molecule has 6 nitrogen and oxygen atoms in total. The number of benzene rings is 1. The summed E-state index contributed by atoms with van der Waals surface area (Å²) >= 11 is 6.09. The summed E-state index contributed by atoms with van der Waals surface area (Å²) in [7, 11) is 0. The molecular formula is C17H18ClN3O3. The predicted octanol–water partition coefficient (Wildman–Crippen LogP) is 2.96. The van der Waals surface area contributed by atoms with Gasteiger partial charge in [0, 0.05) is 24.2 Å². The molecule has 2 aromatic rings. The molecule has 126 valence electrons. The number of carboxylic acids is 1. The van der Waals surface area contributed by atoms with Gasteiger partial charge in [0.05, 0.1) is 0 Å². The summed E-state index contributed by atoms with van der Waals surface area (Å²) in [4.78, 5) is 25.1. The SMILES string of the molecule is CC1(c2cccc(Cl)c2)CCN(C(=O)c2cc(C(=O)O)[nH]n2)CC1. The lowest BCUT2D eigenvalue weighted by molar-refractivity contribution is 0.0668. The molecule has 1 aliphatic rings. The zero-order valence-corrected chi connectivity index (χ0v) is 14.0. The average molecular weight is 348 g/mol. The molecule has 0 radical (unpaired) electrons. The Hall–Kier alpha value is -2.34. The van der Waals surface area contributed by atoms with Crippen LogP contribution < -0.4 is 0 Å². The molecule has 2 heterocycles. The van der Waals surface area contributed by atoms with E-state index in [0.717, 1.165) is 12.8 Å². The molecule has 1 aromatic heterocycles. The quantitative estimate of drug-likeness (QED) is 0.893. The van der Waals surface area contributed by atoms with Crippen molar-refractivity contribution in [2.75, 3.05) is 13.1 Å². The Kier molecular flexibility index (Phi) is 4.32. The average Bonchev–Trinajstić information content (AvgIpc) is 3.05. The molecule has 1 saturated heterocycles. The fraction of sp³-hybridized carbons (Fsp3) is 0.353. The fourth-order valence-electron chi connectivity index (χ4n) is 3.06. The van der Waals surface area contributed by atoms with Crippen molar-refractivity contribution in [3.63, 3.8) is 0 Å². The number of likely N-dealkylation sites (tertiary alicyclic amines) is 1. The number of carboxylic acid groups (broad SMARTS) is 1. The highest BCUT2D eigenvalue weighted by atomic mass is 35.5. The number of hydrogen-bond donors (Lipinski definition) is 2. The van der Waals surface area contributed by atoms with Crippen LogP contribution in [-0.4, -0.2) is 45.2 Å². The van der Waals surface area contributed by atoms with Crippen molar-refractivity contribution < 1.29 is 14.7 Å². The zero-order valence-electron chi connectivity index (χ0n) is 13.3. The third-order valence-electron chi connectivity index (χ3n) is 4.70. The fourth-order valence-corrected chi connectivity index (χ4v) is 3.25. The van der Waals surface area contributed by atoms with E-state index in [9.17, 15) is 9.59 Å². The molecule has 1 aromatic carbocycles. The number of H-pyrrole nitrogens is 1. The van der Waals surface area contributed by atoms with Gasteiger partial charge in [0.1, 0.15) is 5.69 Å². The number of aromatic carboxylic acids is 1. The van der Waals surface area contributed by atoms with Crippen molar-refractivity contribution in [1.82, 2.24) is 15.1 Å². The number of aromatic nitrogens is 2. The number of amides is 1. The van der Waals surface area contributed by atoms with Crippen LogP contribution >= 0.6 is 11.6 Å². The minimum atomic E-state index is -1.13. The van der Waals surface area contributed by atoms with Crippen molar-refractivity contribution in [3.8, 4) is 0 Å². The summed E-state index contributed by atoms with van der Waals surface area (Å²) in [5.41, 5.74) is 1.20. The standard InChI is InChI=1S/C17H18ClN3O3/c1-17(11-3-2-4-12(18)9-11)5-7-21(8-6-17)15(22)13-10-14(16(23)24)20-19-13/h2-4,9-10H,5-8H2,1H3,(H,19,20)(H,23,24). The number of halogens is 1. The highest BCUT2D eigenvalue weighted by molar-refractivity contribution is 6.30. The van der Waals surface area contributed by atoms with E-state index in [1.54, 1.807) is 4.90 Å². The summed E-state index contributed by atoms with van der Waals surface area (Å²) in [5.74, 6) is -1.37. The van der Waals surface area contributed by atoms with Crippen molar-refractivity contribution >= 4 is 23.5 Å². The van der Waals surface area contributed by atoms with E-state index in [1.807, 2.05) is 18.2 Å². The van der Waals surface area contributed by atoms with E-state index in [-0.39, 0.29) is 22.7 Å². The molecule has 0 unspecified atom stereocenters. The van der Waals surface area contributed by atoms with E-state index < -0.39 is 5.97 Å². The summed E-state index contributed by atoms with van der Waals surface area (Å²) < 4.78 is 0. The highest BCUT2D eigenvalue weighted by Crippen LogP contribution is 2.36. The van der Waals surface area contributed by atoms with Crippen molar-refractivity contribution in [2.45, 2.75) is 25.2 Å². The maximum absolute atomic E-state index is 12.5. The topological polar surface area (TPSA) is 86.3 Å². The van der Waals surface area contributed by atoms with E-state index in [1.165, 1.54) is 11.6 Å². The molecule has 1 aliphatic heterocycles. The third-order valence-corrected chi connectivity index (χ3v) is 4.94. The van der Waals surface area contributed by atoms with Gasteiger partial charge in [-0.2, -0.15) is 5.10 Å². The molecule has 0 atom stereocenters. The highest BCUT2D eigenvalue weighted by Gasteiger charge is 2.34. The van der Waals surface area contributed by atoms with Gasteiger partial charge in [-0.15, -0.1) is 0 Å². The number of rotatable bonds is 3. The van der Waals surface area contributed by atoms with Crippen LogP contribution in [0.2, 0.25) is 5.02 Å². The van der Waals surface area contributed by atoms with Crippen LogP contribution in [-0.2, 0) is 5.41 Å². The first-order valence-electron chi connectivity index (χ1n) is 7.73. The largest absolute Gasteiger partial charge is 0.477 e. The lowest BCUT2D eigenvalue weighted by Gasteiger charge is -2.39. The predicted molar refractivity (Wildman–Crippen MR) is 89.5 cm³/mol. The van der Waals surface area contributed by atoms with Crippen LogP contribution in [0.3, 0.4) is 0 Å². The maximum Gasteiger partial charge on any atom is 0.353 e. The van der Waals surface area contributed by atoms with Crippen molar-refractivity contribution in [2.24, 2.45) is 0 Å². The van der Waals surface area contributed by atoms with Crippen LogP contribution in [0.5, 0.6) is 0 Å². The van der Waals surface area contributed by atoms with E-state index >= 15 is 0 Å². The lowest BCUT2D eigenvalue weighted by atomic mass is 9.74. The number of piperidine rings is 1. The molecule has 2 N–H and O–H groups in total. The van der Waals surface area contributed by atoms with Gasteiger partial charge >= 0.3 is 5.97 Å². The second-order valence-electron chi connectivity index (χ2n) is 6.34. The number of nitrogens with zero attached hydrogens (tertiary/aromatic N) is 2. The Morgan fingerprint density at radius 3 is 2.58 bits per heavy atom. The first kappa shape index (κ1) is 16.5. The Bertz CT molecular complexity index is 779. The van der Waals surface area contributed by atoms with Crippen LogP contribution in [0.25, 0.3) is 0 Å². The third kappa shape index (κ3) is 3.14. The number of carbonyl (C=O) groups is 2. The molecule has 1 amide bonds. The van der Waals surface area contributed by atoms with Crippen molar-refractivity contribution in [3.05, 3.63) is 52.3 Å². The van der Waals surface area contributed by atoms with Gasteiger partial charge in [-0.1, -0.05) is 30.7 Å². The smallest absolute Gasteiger partial charge is 0.353 e. The second kappa shape index (κ2) is 6.28. The summed E-state index contributed by atoms with van der Waals surface area (Å²) in [5, 5.41) is 15.8. The summed E-state index contributed by atoms with van der Waals surface area (Å²) in [6, 6.07) is 9.11. The maximum atomic E-state index is 12.5. The minimum absolute atomic E-state index is 0.0283. The van der Waals surface area contributed by atoms with Crippen LogP contribution in [0.1, 0.15) is 46.3 Å². The molecule has 24 heavy (non-hydrogen) atoms.